The Morgan fingerprint density at radius 2 is 1.75 bits per heavy atom. The minimum atomic E-state index is -3.90. The van der Waals surface area contributed by atoms with Crippen LogP contribution in [0.1, 0.15) is 26.3 Å². The van der Waals surface area contributed by atoms with Crippen LogP contribution in [0.2, 0.25) is 5.02 Å². The molecule has 1 N–H and O–H groups in total. The van der Waals surface area contributed by atoms with E-state index in [9.17, 15) is 18.0 Å². The molecule has 0 saturated carbocycles. The van der Waals surface area contributed by atoms with Gasteiger partial charge in [-0.15, -0.1) is 0 Å². The van der Waals surface area contributed by atoms with Gasteiger partial charge in [-0.1, -0.05) is 37.6 Å². The van der Waals surface area contributed by atoms with Gasteiger partial charge in [0.1, 0.15) is 24.1 Å². The number of nitrogens with one attached hydrogen (secondary N) is 1. The van der Waals surface area contributed by atoms with Crippen molar-refractivity contribution in [2.45, 2.75) is 33.4 Å². The molecule has 0 heterocycles. The van der Waals surface area contributed by atoms with E-state index in [1.165, 1.54) is 31.3 Å². The van der Waals surface area contributed by atoms with Crippen LogP contribution < -0.4 is 19.1 Å². The van der Waals surface area contributed by atoms with Crippen LogP contribution in [0.25, 0.3) is 0 Å². The molecule has 0 spiro atoms. The Morgan fingerprint density at radius 1 is 1.06 bits per heavy atom. The van der Waals surface area contributed by atoms with Gasteiger partial charge in [-0.3, -0.25) is 13.9 Å². The smallest absolute Gasteiger partial charge is 0.244 e. The Labute approximate surface area is 218 Å². The van der Waals surface area contributed by atoms with Crippen molar-refractivity contribution in [2.75, 3.05) is 37.9 Å². The fourth-order valence-electron chi connectivity index (χ4n) is 3.45. The highest BCUT2D eigenvalue weighted by Gasteiger charge is 2.31. The predicted molar refractivity (Wildman–Crippen MR) is 141 cm³/mol. The molecule has 0 bridgehead atoms. The number of carbonyl (C=O) groups excluding carboxylic acids is 2. The van der Waals surface area contributed by atoms with E-state index < -0.39 is 28.5 Å². The average Bonchev–Trinajstić information content (AvgIpc) is 2.82. The molecule has 0 aliphatic heterocycles. The van der Waals surface area contributed by atoms with Gasteiger partial charge in [-0.25, -0.2) is 8.42 Å². The van der Waals surface area contributed by atoms with E-state index in [0.29, 0.717) is 22.9 Å². The fraction of sp³-hybridized carbons (Fsp3) is 0.440. The van der Waals surface area contributed by atoms with Crippen LogP contribution in [0.5, 0.6) is 11.5 Å². The van der Waals surface area contributed by atoms with E-state index in [0.717, 1.165) is 10.6 Å². The topological polar surface area (TPSA) is 105 Å². The summed E-state index contributed by atoms with van der Waals surface area (Å²) in [7, 11) is -1.03. The van der Waals surface area contributed by atoms with Crippen molar-refractivity contribution in [3.05, 3.63) is 53.1 Å². The van der Waals surface area contributed by atoms with Crippen molar-refractivity contribution < 1.29 is 27.5 Å². The zero-order valence-electron chi connectivity index (χ0n) is 21.4. The van der Waals surface area contributed by atoms with Gasteiger partial charge < -0.3 is 19.7 Å². The first-order valence-electron chi connectivity index (χ1n) is 11.4. The Kier molecular flexibility index (Phi) is 10.4. The Balaban J connectivity index is 2.44. The van der Waals surface area contributed by atoms with Gasteiger partial charge in [-0.05, 0) is 42.7 Å². The van der Waals surface area contributed by atoms with Gasteiger partial charge in [0, 0.05) is 24.2 Å². The molecule has 0 saturated heterocycles. The maximum absolute atomic E-state index is 13.6. The summed E-state index contributed by atoms with van der Waals surface area (Å²) < 4.78 is 37.0. The van der Waals surface area contributed by atoms with Crippen molar-refractivity contribution in [1.29, 1.82) is 0 Å². The van der Waals surface area contributed by atoms with Crippen LogP contribution >= 0.6 is 11.6 Å². The molecule has 11 heteroatoms. The van der Waals surface area contributed by atoms with Gasteiger partial charge in [0.05, 0.1) is 26.2 Å². The molecule has 198 valence electrons. The lowest BCUT2D eigenvalue weighted by Gasteiger charge is -2.32. The van der Waals surface area contributed by atoms with Gasteiger partial charge in [-0.2, -0.15) is 0 Å². The van der Waals surface area contributed by atoms with E-state index in [-0.39, 0.29) is 29.8 Å². The number of benzene rings is 2. The van der Waals surface area contributed by atoms with Gasteiger partial charge in [0.15, 0.2) is 0 Å². The van der Waals surface area contributed by atoms with Gasteiger partial charge >= 0.3 is 0 Å². The number of hydrogen-bond donors (Lipinski definition) is 1. The number of rotatable bonds is 12. The molecular weight excluding hydrogens is 506 g/mol. The highest BCUT2D eigenvalue weighted by molar-refractivity contribution is 7.92. The van der Waals surface area contributed by atoms with E-state index >= 15 is 0 Å². The van der Waals surface area contributed by atoms with Crippen LogP contribution in [0.3, 0.4) is 0 Å². The summed E-state index contributed by atoms with van der Waals surface area (Å²) in [6.07, 6.45) is 1.00. The standard InChI is InChI=1S/C25H34ClN3O6S/c1-17(2)14-27-25(31)18(3)28(15-19-8-7-9-20(26)12-19)24(30)16-29(36(6,32)33)22-11-10-21(34-4)13-23(22)35-5/h7-13,17-18H,14-16H2,1-6H3,(H,27,31). The molecule has 2 aromatic carbocycles. The van der Waals surface area contributed by atoms with Crippen LogP contribution in [-0.2, 0) is 26.2 Å². The number of sulfonamides is 1. The van der Waals surface area contributed by atoms with Crippen molar-refractivity contribution in [1.82, 2.24) is 10.2 Å². The number of carbonyl (C=O) groups is 2. The third kappa shape index (κ3) is 8.03. The lowest BCUT2D eigenvalue weighted by molar-refractivity contribution is -0.139. The first kappa shape index (κ1) is 29.3. The second-order valence-electron chi connectivity index (χ2n) is 8.77. The van der Waals surface area contributed by atoms with Crippen molar-refractivity contribution in [3.8, 4) is 11.5 Å². The summed E-state index contributed by atoms with van der Waals surface area (Å²) in [5.74, 6) is 0.00377. The molecule has 0 aliphatic rings. The van der Waals surface area contributed by atoms with Crippen LogP contribution in [0.4, 0.5) is 5.69 Å². The number of nitrogens with zero attached hydrogens (tertiary/aromatic N) is 2. The van der Waals surface area contributed by atoms with Crippen molar-refractivity contribution in [3.63, 3.8) is 0 Å². The number of amides is 2. The van der Waals surface area contributed by atoms with E-state index in [1.807, 2.05) is 13.8 Å². The Hall–Kier alpha value is -2.98. The predicted octanol–water partition coefficient (Wildman–Crippen LogP) is 3.31. The molecule has 2 amide bonds. The quantitative estimate of drug-likeness (QED) is 0.443. The molecule has 2 rings (SSSR count). The van der Waals surface area contributed by atoms with Crippen LogP contribution in [-0.4, -0.2) is 64.7 Å². The third-order valence-corrected chi connectivity index (χ3v) is 6.79. The number of anilines is 1. The summed E-state index contributed by atoms with van der Waals surface area (Å²) in [6.45, 7) is 5.51. The number of ether oxygens (including phenoxy) is 2. The lowest BCUT2D eigenvalue weighted by atomic mass is 10.1. The third-order valence-electron chi connectivity index (χ3n) is 5.43. The second kappa shape index (κ2) is 12.8. The number of methoxy groups -OCH3 is 2. The normalized spacial score (nSPS) is 12.1. The summed E-state index contributed by atoms with van der Waals surface area (Å²) in [4.78, 5) is 27.8. The van der Waals surface area contributed by atoms with Crippen molar-refractivity contribution in [2.24, 2.45) is 5.92 Å². The summed E-state index contributed by atoms with van der Waals surface area (Å²) in [6, 6.07) is 10.7. The molecule has 0 aromatic heterocycles. The summed E-state index contributed by atoms with van der Waals surface area (Å²) >= 11 is 6.12. The molecule has 9 nitrogen and oxygen atoms in total. The summed E-state index contributed by atoms with van der Waals surface area (Å²) in [5.41, 5.74) is 0.876. The first-order chi connectivity index (χ1) is 16.9. The van der Waals surface area contributed by atoms with E-state index in [1.54, 1.807) is 37.3 Å². The van der Waals surface area contributed by atoms with Gasteiger partial charge in [0.2, 0.25) is 21.8 Å². The molecule has 0 aliphatic carbocycles. The van der Waals surface area contributed by atoms with Crippen LogP contribution in [0.15, 0.2) is 42.5 Å². The zero-order chi connectivity index (χ0) is 27.0. The van der Waals surface area contributed by atoms with E-state index in [4.69, 9.17) is 21.1 Å². The van der Waals surface area contributed by atoms with E-state index in [2.05, 4.69) is 5.32 Å². The second-order valence-corrected chi connectivity index (χ2v) is 11.1. The Bertz CT molecular complexity index is 1170. The minimum Gasteiger partial charge on any atom is -0.497 e. The highest BCUT2D eigenvalue weighted by atomic mass is 35.5. The SMILES string of the molecule is COc1ccc(N(CC(=O)N(Cc2cccc(Cl)c2)C(C)C(=O)NCC(C)C)S(C)(=O)=O)c(OC)c1. The molecule has 0 fully saturated rings. The molecule has 36 heavy (non-hydrogen) atoms. The highest BCUT2D eigenvalue weighted by Crippen LogP contribution is 2.33. The maximum atomic E-state index is 13.6. The monoisotopic (exact) mass is 539 g/mol. The number of hydrogen-bond acceptors (Lipinski definition) is 6. The minimum absolute atomic E-state index is 0.0625. The van der Waals surface area contributed by atoms with Crippen LogP contribution in [0, 0.1) is 5.92 Å². The molecule has 2 aromatic rings. The van der Waals surface area contributed by atoms with Crippen molar-refractivity contribution >= 4 is 39.1 Å². The molecule has 0 radical (unpaired) electrons. The Morgan fingerprint density at radius 3 is 2.31 bits per heavy atom. The van der Waals surface area contributed by atoms with Gasteiger partial charge in [0.25, 0.3) is 0 Å². The average molecular weight is 540 g/mol. The molecule has 1 unspecified atom stereocenters. The maximum Gasteiger partial charge on any atom is 0.244 e. The fourth-order valence-corrected chi connectivity index (χ4v) is 4.52. The molecular formula is C25H34ClN3O6S. The largest absolute Gasteiger partial charge is 0.497 e. The molecule has 1 atom stereocenters. The lowest BCUT2D eigenvalue weighted by Crippen LogP contribution is -2.51. The number of halogens is 1. The zero-order valence-corrected chi connectivity index (χ0v) is 23.0. The summed E-state index contributed by atoms with van der Waals surface area (Å²) in [5, 5.41) is 3.32. The first-order valence-corrected chi connectivity index (χ1v) is 13.6.